The minimum absolute atomic E-state index is 0.00151. The van der Waals surface area contributed by atoms with Crippen molar-refractivity contribution >= 4 is 23.5 Å². The number of amides is 1. The number of carbonyl (C=O) groups is 1. The molecule has 0 saturated heterocycles. The van der Waals surface area contributed by atoms with E-state index in [0.29, 0.717) is 30.3 Å². The molecule has 1 amide bonds. The predicted octanol–water partition coefficient (Wildman–Crippen LogP) is 3.22. The normalized spacial score (nSPS) is 13.1. The Hall–Kier alpha value is -3.19. The number of hydrogen-bond acceptors (Lipinski definition) is 4. The molecule has 1 N–H and O–H groups in total. The molecule has 2 aromatic carbocycles. The molecule has 8 heteroatoms. The largest absolute Gasteiger partial charge is 0.350 e. The number of anilines is 1. The molecule has 0 spiro atoms. The number of rotatable bonds is 5. The lowest BCUT2D eigenvalue weighted by molar-refractivity contribution is -0.121. The SMILES string of the molecule is Cc1cc(=O)n(CC(=O)NCc2ccc(F)c(Cl)c2)c(N2CCc3ccccc3C2)n1. The molecule has 6 nitrogen and oxygen atoms in total. The van der Waals surface area contributed by atoms with Crippen molar-refractivity contribution in [2.24, 2.45) is 0 Å². The third kappa shape index (κ3) is 4.77. The lowest BCUT2D eigenvalue weighted by Crippen LogP contribution is -2.39. The van der Waals surface area contributed by atoms with Crippen LogP contribution in [-0.4, -0.2) is 22.0 Å². The van der Waals surface area contributed by atoms with Gasteiger partial charge in [0.15, 0.2) is 0 Å². The van der Waals surface area contributed by atoms with Crippen LogP contribution in [0, 0.1) is 12.7 Å². The van der Waals surface area contributed by atoms with Crippen molar-refractivity contribution in [2.45, 2.75) is 33.0 Å². The predicted molar refractivity (Wildman–Crippen MR) is 118 cm³/mol. The molecule has 0 bridgehead atoms. The maximum atomic E-state index is 13.3. The van der Waals surface area contributed by atoms with Gasteiger partial charge in [-0.2, -0.15) is 0 Å². The summed E-state index contributed by atoms with van der Waals surface area (Å²) in [6.45, 7) is 3.13. The molecule has 0 radical (unpaired) electrons. The highest BCUT2D eigenvalue weighted by atomic mass is 35.5. The van der Waals surface area contributed by atoms with Gasteiger partial charge in [-0.15, -0.1) is 0 Å². The second-order valence-electron chi connectivity index (χ2n) is 7.59. The van der Waals surface area contributed by atoms with Gasteiger partial charge in [0.2, 0.25) is 11.9 Å². The van der Waals surface area contributed by atoms with Crippen molar-refractivity contribution in [2.75, 3.05) is 11.4 Å². The van der Waals surface area contributed by atoms with Gasteiger partial charge >= 0.3 is 0 Å². The van der Waals surface area contributed by atoms with Crippen molar-refractivity contribution in [3.8, 4) is 0 Å². The fraction of sp³-hybridized carbons (Fsp3) is 0.261. The molecular weight excluding hydrogens is 419 g/mol. The second-order valence-corrected chi connectivity index (χ2v) is 7.99. The first-order valence-electron chi connectivity index (χ1n) is 10.0. The Morgan fingerprint density at radius 3 is 2.74 bits per heavy atom. The number of fused-ring (bicyclic) bond motifs is 1. The Bertz CT molecular complexity index is 1190. The van der Waals surface area contributed by atoms with Gasteiger partial charge in [-0.3, -0.25) is 14.2 Å². The molecule has 31 heavy (non-hydrogen) atoms. The first-order chi connectivity index (χ1) is 14.9. The van der Waals surface area contributed by atoms with E-state index < -0.39 is 5.82 Å². The molecule has 0 atom stereocenters. The van der Waals surface area contributed by atoms with Gasteiger partial charge in [0, 0.05) is 31.4 Å². The number of benzene rings is 2. The minimum Gasteiger partial charge on any atom is -0.350 e. The summed E-state index contributed by atoms with van der Waals surface area (Å²) in [5.74, 6) is -0.367. The van der Waals surface area contributed by atoms with Gasteiger partial charge in [-0.25, -0.2) is 9.37 Å². The number of nitrogens with one attached hydrogen (secondary N) is 1. The number of nitrogens with zero attached hydrogens (tertiary/aromatic N) is 3. The first-order valence-corrected chi connectivity index (χ1v) is 10.4. The quantitative estimate of drug-likeness (QED) is 0.661. The number of aromatic nitrogens is 2. The Morgan fingerprint density at radius 1 is 1.19 bits per heavy atom. The van der Waals surface area contributed by atoms with E-state index in [1.807, 2.05) is 17.0 Å². The summed E-state index contributed by atoms with van der Waals surface area (Å²) in [7, 11) is 0. The highest BCUT2D eigenvalue weighted by Gasteiger charge is 2.22. The van der Waals surface area contributed by atoms with Crippen molar-refractivity contribution in [1.82, 2.24) is 14.9 Å². The minimum atomic E-state index is -0.512. The average molecular weight is 441 g/mol. The van der Waals surface area contributed by atoms with Crippen LogP contribution in [0.15, 0.2) is 53.3 Å². The summed E-state index contributed by atoms with van der Waals surface area (Å²) in [6.07, 6.45) is 0.845. The lowest BCUT2D eigenvalue weighted by atomic mass is 10.0. The average Bonchev–Trinajstić information content (AvgIpc) is 2.76. The van der Waals surface area contributed by atoms with Crippen LogP contribution >= 0.6 is 11.6 Å². The van der Waals surface area contributed by atoms with Gasteiger partial charge in [-0.1, -0.05) is 41.9 Å². The molecule has 0 fully saturated rings. The lowest BCUT2D eigenvalue weighted by Gasteiger charge is -2.31. The summed E-state index contributed by atoms with van der Waals surface area (Å²) in [6, 6.07) is 13.9. The van der Waals surface area contributed by atoms with E-state index in [-0.39, 0.29) is 29.6 Å². The summed E-state index contributed by atoms with van der Waals surface area (Å²) < 4.78 is 14.7. The topological polar surface area (TPSA) is 67.2 Å². The molecule has 160 valence electrons. The van der Waals surface area contributed by atoms with Gasteiger partial charge in [0.1, 0.15) is 12.4 Å². The van der Waals surface area contributed by atoms with E-state index in [9.17, 15) is 14.0 Å². The van der Waals surface area contributed by atoms with Crippen LogP contribution in [0.2, 0.25) is 5.02 Å². The van der Waals surface area contributed by atoms with Crippen LogP contribution in [0.4, 0.5) is 10.3 Å². The summed E-state index contributed by atoms with van der Waals surface area (Å²) >= 11 is 5.79. The number of aryl methyl sites for hydroxylation is 1. The van der Waals surface area contributed by atoms with Gasteiger partial charge in [0.05, 0.1) is 5.02 Å². The standard InChI is InChI=1S/C23H22ClFN4O2/c1-15-10-22(31)29(14-21(30)26-12-16-6-7-20(25)19(24)11-16)23(27-15)28-9-8-17-4-2-3-5-18(17)13-28/h2-7,10-11H,8-9,12-14H2,1H3,(H,26,30). The number of halogens is 2. The molecule has 4 rings (SSSR count). The molecule has 1 aromatic heterocycles. The molecule has 2 heterocycles. The molecule has 1 aliphatic rings. The van der Waals surface area contributed by atoms with E-state index >= 15 is 0 Å². The fourth-order valence-corrected chi connectivity index (χ4v) is 3.91. The maximum Gasteiger partial charge on any atom is 0.255 e. The number of hydrogen-bond donors (Lipinski definition) is 1. The highest BCUT2D eigenvalue weighted by molar-refractivity contribution is 6.30. The Labute approximate surface area is 184 Å². The van der Waals surface area contributed by atoms with Crippen molar-refractivity contribution in [3.05, 3.63) is 92.1 Å². The van der Waals surface area contributed by atoms with E-state index in [0.717, 1.165) is 6.42 Å². The fourth-order valence-electron chi connectivity index (χ4n) is 3.71. The van der Waals surface area contributed by atoms with Gasteiger partial charge in [-0.05, 0) is 42.2 Å². The van der Waals surface area contributed by atoms with E-state index in [4.69, 9.17) is 11.6 Å². The number of carbonyl (C=O) groups excluding carboxylic acids is 1. The zero-order valence-corrected chi connectivity index (χ0v) is 17.8. The highest BCUT2D eigenvalue weighted by Crippen LogP contribution is 2.22. The second kappa shape index (κ2) is 8.89. The maximum absolute atomic E-state index is 13.3. The van der Waals surface area contributed by atoms with Crippen LogP contribution in [0.1, 0.15) is 22.4 Å². The van der Waals surface area contributed by atoms with Crippen LogP contribution < -0.4 is 15.8 Å². The Morgan fingerprint density at radius 2 is 1.97 bits per heavy atom. The molecular formula is C23H22ClFN4O2. The summed E-state index contributed by atoms with van der Waals surface area (Å²) in [4.78, 5) is 31.9. The zero-order valence-electron chi connectivity index (χ0n) is 17.1. The van der Waals surface area contributed by atoms with Crippen molar-refractivity contribution in [3.63, 3.8) is 0 Å². The van der Waals surface area contributed by atoms with Crippen molar-refractivity contribution in [1.29, 1.82) is 0 Å². The Kier molecular flexibility index (Phi) is 6.04. The summed E-state index contributed by atoms with van der Waals surface area (Å²) in [5.41, 5.74) is 3.48. The smallest absolute Gasteiger partial charge is 0.255 e. The van der Waals surface area contributed by atoms with E-state index in [1.165, 1.54) is 33.9 Å². The van der Waals surface area contributed by atoms with Gasteiger partial charge < -0.3 is 10.2 Å². The zero-order chi connectivity index (χ0) is 22.0. The molecule has 0 unspecified atom stereocenters. The molecule has 1 aliphatic heterocycles. The first kappa shape index (κ1) is 21.1. The van der Waals surface area contributed by atoms with Crippen LogP contribution in [0.5, 0.6) is 0 Å². The van der Waals surface area contributed by atoms with Crippen LogP contribution in [0.3, 0.4) is 0 Å². The summed E-state index contributed by atoms with van der Waals surface area (Å²) in [5, 5.41) is 2.75. The van der Waals surface area contributed by atoms with Gasteiger partial charge in [0.25, 0.3) is 5.56 Å². The van der Waals surface area contributed by atoms with E-state index in [2.05, 4.69) is 22.4 Å². The van der Waals surface area contributed by atoms with E-state index in [1.54, 1.807) is 13.0 Å². The molecule has 0 saturated carbocycles. The third-order valence-corrected chi connectivity index (χ3v) is 5.59. The monoisotopic (exact) mass is 440 g/mol. The molecule has 3 aromatic rings. The van der Waals surface area contributed by atoms with Crippen LogP contribution in [0.25, 0.3) is 0 Å². The third-order valence-electron chi connectivity index (χ3n) is 5.31. The van der Waals surface area contributed by atoms with Crippen LogP contribution in [-0.2, 0) is 30.8 Å². The Balaban J connectivity index is 1.52. The molecule has 0 aliphatic carbocycles. The van der Waals surface area contributed by atoms with Crippen molar-refractivity contribution < 1.29 is 9.18 Å².